The molecule has 3 aliphatic heterocycles. The normalized spacial score (nSPS) is 17.9. The lowest BCUT2D eigenvalue weighted by Crippen LogP contribution is -2.50. The summed E-state index contributed by atoms with van der Waals surface area (Å²) in [4.78, 5) is 40.6. The van der Waals surface area contributed by atoms with Crippen LogP contribution in [0.15, 0.2) is 18.2 Å². The summed E-state index contributed by atoms with van der Waals surface area (Å²) in [6.07, 6.45) is 0.517. The number of hydrogen-bond donors (Lipinski definition) is 2. The number of hydrogen-bond acceptors (Lipinski definition) is 6. The Balaban J connectivity index is 1.32. The van der Waals surface area contributed by atoms with Crippen molar-refractivity contribution in [2.75, 3.05) is 39.4 Å². The zero-order valence-electron chi connectivity index (χ0n) is 16.3. The summed E-state index contributed by atoms with van der Waals surface area (Å²) in [5.74, 6) is 0.670. The molecule has 2 aromatic rings. The summed E-state index contributed by atoms with van der Waals surface area (Å²) in [5, 5.41) is 9.81. The zero-order valence-corrected chi connectivity index (χ0v) is 16.3. The number of nitrogens with one attached hydrogen (secondary N) is 2. The van der Waals surface area contributed by atoms with Crippen molar-refractivity contribution in [3.05, 3.63) is 40.7 Å². The number of piperazine rings is 1. The van der Waals surface area contributed by atoms with Gasteiger partial charge < -0.3 is 24.6 Å². The van der Waals surface area contributed by atoms with Gasteiger partial charge in [-0.25, -0.2) is 0 Å². The summed E-state index contributed by atoms with van der Waals surface area (Å²) in [7, 11) is 0. The standard InChI is InChI=1S/C20H21N5O5/c26-17-11-25(6-4-21-17)20(28)18-13-3-5-24(10-14(13)22-23-18)19(27)12-1-2-15-16(9-12)30-8-7-29-15/h1-2,9H,3-8,10-11H2,(H,21,26)(H,22,23). The fraction of sp³-hybridized carbons (Fsp3) is 0.400. The van der Waals surface area contributed by atoms with E-state index in [1.54, 1.807) is 23.1 Å². The number of aromatic nitrogens is 2. The molecule has 5 rings (SSSR count). The second-order valence-electron chi connectivity index (χ2n) is 7.44. The van der Waals surface area contributed by atoms with Crippen LogP contribution in [0.5, 0.6) is 11.5 Å². The molecule has 3 aliphatic rings. The molecule has 1 aromatic carbocycles. The third-order valence-corrected chi connectivity index (χ3v) is 5.54. The smallest absolute Gasteiger partial charge is 0.275 e. The molecule has 0 bridgehead atoms. The summed E-state index contributed by atoms with van der Waals surface area (Å²) in [5.41, 5.74) is 2.43. The van der Waals surface area contributed by atoms with E-state index in [2.05, 4.69) is 15.5 Å². The Labute approximate surface area is 172 Å². The molecule has 0 radical (unpaired) electrons. The average molecular weight is 411 g/mol. The van der Waals surface area contributed by atoms with E-state index in [0.717, 1.165) is 11.3 Å². The molecular formula is C20H21N5O5. The first-order chi connectivity index (χ1) is 14.6. The molecule has 10 heteroatoms. The first kappa shape index (κ1) is 18.5. The topological polar surface area (TPSA) is 117 Å². The van der Waals surface area contributed by atoms with Crippen LogP contribution in [0.1, 0.15) is 32.1 Å². The lowest BCUT2D eigenvalue weighted by atomic mass is 10.0. The van der Waals surface area contributed by atoms with Crippen molar-refractivity contribution in [3.8, 4) is 11.5 Å². The van der Waals surface area contributed by atoms with Crippen LogP contribution in [0.4, 0.5) is 0 Å². The van der Waals surface area contributed by atoms with Crippen LogP contribution < -0.4 is 14.8 Å². The molecule has 2 N–H and O–H groups in total. The van der Waals surface area contributed by atoms with E-state index in [9.17, 15) is 14.4 Å². The Morgan fingerprint density at radius 2 is 1.80 bits per heavy atom. The molecule has 156 valence electrons. The highest BCUT2D eigenvalue weighted by Gasteiger charge is 2.31. The van der Waals surface area contributed by atoms with Gasteiger partial charge in [0.1, 0.15) is 13.2 Å². The molecule has 1 fully saturated rings. The van der Waals surface area contributed by atoms with Gasteiger partial charge in [0.15, 0.2) is 17.2 Å². The number of carbonyl (C=O) groups excluding carboxylic acids is 3. The molecule has 0 atom stereocenters. The van der Waals surface area contributed by atoms with Crippen LogP contribution in [-0.2, 0) is 17.8 Å². The summed E-state index contributed by atoms with van der Waals surface area (Å²) in [6.45, 7) is 2.70. The van der Waals surface area contributed by atoms with Crippen molar-refractivity contribution < 1.29 is 23.9 Å². The maximum Gasteiger partial charge on any atom is 0.275 e. The van der Waals surface area contributed by atoms with E-state index in [-0.39, 0.29) is 24.3 Å². The maximum absolute atomic E-state index is 13.0. The van der Waals surface area contributed by atoms with E-state index in [0.29, 0.717) is 68.6 Å². The molecular weight excluding hydrogens is 390 g/mol. The summed E-state index contributed by atoms with van der Waals surface area (Å²) >= 11 is 0. The highest BCUT2D eigenvalue weighted by atomic mass is 16.6. The lowest BCUT2D eigenvalue weighted by molar-refractivity contribution is -0.123. The molecule has 0 aliphatic carbocycles. The number of nitrogens with zero attached hydrogens (tertiary/aromatic N) is 3. The van der Waals surface area contributed by atoms with Crippen molar-refractivity contribution in [3.63, 3.8) is 0 Å². The minimum atomic E-state index is -0.256. The first-order valence-corrected chi connectivity index (χ1v) is 9.91. The lowest BCUT2D eigenvalue weighted by Gasteiger charge is -2.29. The molecule has 30 heavy (non-hydrogen) atoms. The van der Waals surface area contributed by atoms with Crippen LogP contribution in [0, 0.1) is 0 Å². The van der Waals surface area contributed by atoms with Gasteiger partial charge in [-0.2, -0.15) is 5.10 Å². The number of benzene rings is 1. The number of fused-ring (bicyclic) bond motifs is 2. The van der Waals surface area contributed by atoms with Gasteiger partial charge in [-0.3, -0.25) is 19.5 Å². The number of rotatable bonds is 2. The van der Waals surface area contributed by atoms with E-state index in [4.69, 9.17) is 9.47 Å². The highest BCUT2D eigenvalue weighted by Crippen LogP contribution is 2.32. The Bertz CT molecular complexity index is 1030. The average Bonchev–Trinajstić information content (AvgIpc) is 3.21. The monoisotopic (exact) mass is 411 g/mol. The van der Waals surface area contributed by atoms with Gasteiger partial charge in [-0.05, 0) is 24.6 Å². The molecule has 0 spiro atoms. The third kappa shape index (κ3) is 3.23. The minimum absolute atomic E-state index is 0.0369. The van der Waals surface area contributed by atoms with Crippen LogP contribution in [-0.4, -0.2) is 77.1 Å². The van der Waals surface area contributed by atoms with Crippen LogP contribution in [0.25, 0.3) is 0 Å². The van der Waals surface area contributed by atoms with Crippen LogP contribution >= 0.6 is 0 Å². The van der Waals surface area contributed by atoms with Gasteiger partial charge in [0.2, 0.25) is 5.91 Å². The minimum Gasteiger partial charge on any atom is -0.486 e. The number of aromatic amines is 1. The van der Waals surface area contributed by atoms with Gasteiger partial charge in [0, 0.05) is 30.8 Å². The maximum atomic E-state index is 13.0. The Morgan fingerprint density at radius 1 is 1.00 bits per heavy atom. The van der Waals surface area contributed by atoms with E-state index in [1.807, 2.05) is 0 Å². The molecule has 0 unspecified atom stereocenters. The molecule has 1 saturated heterocycles. The van der Waals surface area contributed by atoms with E-state index < -0.39 is 0 Å². The summed E-state index contributed by atoms with van der Waals surface area (Å²) in [6, 6.07) is 5.18. The largest absolute Gasteiger partial charge is 0.486 e. The second-order valence-corrected chi connectivity index (χ2v) is 7.44. The number of H-pyrrole nitrogens is 1. The molecule has 0 saturated carbocycles. The fourth-order valence-electron chi connectivity index (χ4n) is 3.99. The van der Waals surface area contributed by atoms with Crippen LogP contribution in [0.2, 0.25) is 0 Å². The number of ether oxygens (including phenoxy) is 2. The van der Waals surface area contributed by atoms with Gasteiger partial charge in [0.25, 0.3) is 11.8 Å². The predicted octanol–water partition coefficient (Wildman–Crippen LogP) is -0.0486. The Morgan fingerprint density at radius 3 is 2.63 bits per heavy atom. The molecule has 1 aromatic heterocycles. The second kappa shape index (κ2) is 7.36. The zero-order chi connectivity index (χ0) is 20.7. The van der Waals surface area contributed by atoms with Crippen molar-refractivity contribution in [1.82, 2.24) is 25.3 Å². The van der Waals surface area contributed by atoms with Crippen molar-refractivity contribution in [2.45, 2.75) is 13.0 Å². The number of carbonyl (C=O) groups is 3. The Kier molecular flexibility index (Phi) is 4.53. The van der Waals surface area contributed by atoms with Gasteiger partial charge >= 0.3 is 0 Å². The van der Waals surface area contributed by atoms with Crippen molar-refractivity contribution in [2.24, 2.45) is 0 Å². The van der Waals surface area contributed by atoms with Gasteiger partial charge in [0.05, 0.1) is 18.8 Å². The van der Waals surface area contributed by atoms with Crippen molar-refractivity contribution in [1.29, 1.82) is 0 Å². The fourth-order valence-corrected chi connectivity index (χ4v) is 3.99. The number of amides is 3. The third-order valence-electron chi connectivity index (χ3n) is 5.54. The van der Waals surface area contributed by atoms with Gasteiger partial charge in [-0.1, -0.05) is 0 Å². The SMILES string of the molecule is O=C1CN(C(=O)c2n[nH]c3c2CCN(C(=O)c2ccc4c(c2)OCCO4)C3)CCN1. The molecule has 4 heterocycles. The van der Waals surface area contributed by atoms with E-state index >= 15 is 0 Å². The quantitative estimate of drug-likeness (QED) is 0.716. The van der Waals surface area contributed by atoms with Crippen LogP contribution in [0.3, 0.4) is 0 Å². The highest BCUT2D eigenvalue weighted by molar-refractivity contribution is 5.97. The first-order valence-electron chi connectivity index (χ1n) is 9.91. The Hall–Kier alpha value is -3.56. The van der Waals surface area contributed by atoms with Crippen molar-refractivity contribution >= 4 is 17.7 Å². The molecule has 3 amide bonds. The van der Waals surface area contributed by atoms with Gasteiger partial charge in [-0.15, -0.1) is 0 Å². The van der Waals surface area contributed by atoms with E-state index in [1.165, 1.54) is 4.90 Å². The predicted molar refractivity (Wildman–Crippen MR) is 103 cm³/mol. The molecule has 10 nitrogen and oxygen atoms in total. The summed E-state index contributed by atoms with van der Waals surface area (Å²) < 4.78 is 11.1.